The Morgan fingerprint density at radius 1 is 1.09 bits per heavy atom. The maximum atomic E-state index is 13.8. The van der Waals surface area contributed by atoms with E-state index in [-0.39, 0.29) is 24.6 Å². The zero-order valence-corrected chi connectivity index (χ0v) is 13.9. The van der Waals surface area contributed by atoms with Gasteiger partial charge in [0.25, 0.3) is 0 Å². The molecule has 0 amide bonds. The molecule has 0 bridgehead atoms. The van der Waals surface area contributed by atoms with Crippen molar-refractivity contribution < 1.29 is 30.4 Å². The normalized spacial score (nSPS) is 13.7. The molecule has 0 spiro atoms. The molecule has 23 heavy (non-hydrogen) atoms. The van der Waals surface area contributed by atoms with Crippen molar-refractivity contribution in [3.05, 3.63) is 29.3 Å². The molecule has 0 unspecified atom stereocenters. The second kappa shape index (κ2) is 6.35. The molecule has 0 aliphatic heterocycles. The lowest BCUT2D eigenvalue weighted by atomic mass is 9.81. The molecule has 1 rings (SSSR count). The highest BCUT2D eigenvalue weighted by Gasteiger charge is 2.35. The van der Waals surface area contributed by atoms with E-state index in [1.165, 1.54) is 0 Å². The predicted molar refractivity (Wildman–Crippen MR) is 75.2 cm³/mol. The summed E-state index contributed by atoms with van der Waals surface area (Å²) >= 11 is 0. The first-order valence-electron chi connectivity index (χ1n) is 6.74. The summed E-state index contributed by atoms with van der Waals surface area (Å²) in [6.07, 6.45) is -4.98. The molecule has 3 nitrogen and oxygen atoms in total. The van der Waals surface area contributed by atoms with Crippen molar-refractivity contribution >= 4 is 10.0 Å². The summed E-state index contributed by atoms with van der Waals surface area (Å²) < 4.78 is 91.0. The van der Waals surface area contributed by atoms with Crippen molar-refractivity contribution in [1.82, 2.24) is 4.72 Å². The van der Waals surface area contributed by atoms with E-state index in [9.17, 15) is 30.4 Å². The number of halogens is 5. The molecular weight excluding hydrogens is 341 g/mol. The molecule has 0 fully saturated rings. The highest BCUT2D eigenvalue weighted by atomic mass is 32.2. The third-order valence-electron chi connectivity index (χ3n) is 3.88. The minimum absolute atomic E-state index is 0.0365. The van der Waals surface area contributed by atoms with E-state index in [1.54, 1.807) is 13.8 Å². The van der Waals surface area contributed by atoms with Gasteiger partial charge >= 0.3 is 6.18 Å². The summed E-state index contributed by atoms with van der Waals surface area (Å²) in [6, 6.07) is -0.0730. The first-order valence-corrected chi connectivity index (χ1v) is 8.22. The molecular formula is C14H18F5NO2S. The fourth-order valence-electron chi connectivity index (χ4n) is 1.54. The third-order valence-corrected chi connectivity index (χ3v) is 5.33. The molecule has 132 valence electrons. The molecule has 9 heteroatoms. The lowest BCUT2D eigenvalue weighted by Gasteiger charge is -2.29. The second-order valence-corrected chi connectivity index (χ2v) is 7.94. The molecule has 0 atom stereocenters. The smallest absolute Gasteiger partial charge is 0.210 e. The van der Waals surface area contributed by atoms with Gasteiger partial charge in [0, 0.05) is 6.54 Å². The van der Waals surface area contributed by atoms with Crippen molar-refractivity contribution in [3.63, 3.8) is 0 Å². The van der Waals surface area contributed by atoms with Crippen LogP contribution in [0, 0.1) is 23.0 Å². The van der Waals surface area contributed by atoms with E-state index >= 15 is 0 Å². The van der Waals surface area contributed by atoms with Crippen LogP contribution in [0.5, 0.6) is 0 Å². The van der Waals surface area contributed by atoms with Crippen LogP contribution in [0.1, 0.15) is 33.3 Å². The van der Waals surface area contributed by atoms with Gasteiger partial charge in [-0.1, -0.05) is 27.7 Å². The lowest BCUT2D eigenvalue weighted by molar-refractivity contribution is -0.138. The van der Waals surface area contributed by atoms with Crippen LogP contribution in [0.3, 0.4) is 0 Å². The van der Waals surface area contributed by atoms with E-state index in [0.717, 1.165) is 0 Å². The second-order valence-electron chi connectivity index (χ2n) is 6.23. The van der Waals surface area contributed by atoms with Gasteiger partial charge in [0.15, 0.2) is 4.90 Å². The minimum atomic E-state index is -4.98. The van der Waals surface area contributed by atoms with Crippen molar-refractivity contribution in [2.45, 2.75) is 38.8 Å². The maximum absolute atomic E-state index is 13.8. The average molecular weight is 359 g/mol. The Morgan fingerprint density at radius 2 is 1.52 bits per heavy atom. The highest BCUT2D eigenvalue weighted by molar-refractivity contribution is 7.89. The Labute approximate surface area is 131 Å². The molecule has 1 aromatic rings. The van der Waals surface area contributed by atoms with Crippen molar-refractivity contribution in [3.8, 4) is 0 Å². The van der Waals surface area contributed by atoms with Crippen LogP contribution in [0.25, 0.3) is 0 Å². The van der Waals surface area contributed by atoms with Gasteiger partial charge in [0.2, 0.25) is 10.0 Å². The summed E-state index contributed by atoms with van der Waals surface area (Å²) in [4.78, 5) is -1.41. The molecule has 1 aromatic carbocycles. The Balaban J connectivity index is 3.20. The summed E-state index contributed by atoms with van der Waals surface area (Å²) in [6.45, 7) is 7.06. The van der Waals surface area contributed by atoms with Crippen molar-refractivity contribution in [2.75, 3.05) is 6.54 Å². The number of rotatable bonds is 5. The Kier molecular flexibility index (Phi) is 5.47. The van der Waals surface area contributed by atoms with Crippen LogP contribution in [-0.2, 0) is 16.2 Å². The van der Waals surface area contributed by atoms with Gasteiger partial charge < -0.3 is 0 Å². The minimum Gasteiger partial charge on any atom is -0.210 e. The van der Waals surface area contributed by atoms with E-state index in [1.807, 2.05) is 18.6 Å². The quantitative estimate of drug-likeness (QED) is 0.810. The number of sulfonamides is 1. The standard InChI is InChI=1S/C14H18F5NO2S/c1-8(2)13(3,4)7-20-23(21,22)12-10(15)5-9(6-11(12)16)14(17,18)19/h5-6,8,20H,7H2,1-4H3. The number of alkyl halides is 3. The average Bonchev–Trinajstić information content (AvgIpc) is 2.34. The largest absolute Gasteiger partial charge is 0.416 e. The van der Waals surface area contributed by atoms with Gasteiger partial charge in [-0.3, -0.25) is 0 Å². The number of hydrogen-bond donors (Lipinski definition) is 1. The molecule has 1 N–H and O–H groups in total. The predicted octanol–water partition coefficient (Wildman–Crippen LogP) is 3.94. The van der Waals surface area contributed by atoms with Crippen LogP contribution in [0.2, 0.25) is 0 Å². The SMILES string of the molecule is CC(C)C(C)(C)CNS(=O)(=O)c1c(F)cc(C(F)(F)F)cc1F. The van der Waals surface area contributed by atoms with E-state index < -0.39 is 43.7 Å². The van der Waals surface area contributed by atoms with Gasteiger partial charge in [0.05, 0.1) is 5.56 Å². The molecule has 0 aliphatic rings. The molecule has 0 radical (unpaired) electrons. The zero-order valence-electron chi connectivity index (χ0n) is 13.1. The van der Waals surface area contributed by atoms with Gasteiger partial charge in [-0.2, -0.15) is 13.2 Å². The fourth-order valence-corrected chi connectivity index (χ4v) is 2.88. The molecule has 0 aliphatic carbocycles. The zero-order chi connectivity index (χ0) is 18.2. The Morgan fingerprint density at radius 3 is 1.87 bits per heavy atom. The molecule has 0 aromatic heterocycles. The lowest BCUT2D eigenvalue weighted by Crippen LogP contribution is -2.37. The molecule has 0 heterocycles. The first kappa shape index (κ1) is 19.8. The van der Waals surface area contributed by atoms with Gasteiger partial charge in [-0.15, -0.1) is 0 Å². The fraction of sp³-hybridized carbons (Fsp3) is 0.571. The van der Waals surface area contributed by atoms with E-state index in [0.29, 0.717) is 0 Å². The summed E-state index contributed by atoms with van der Waals surface area (Å²) in [5.74, 6) is -3.51. The molecule has 0 saturated heterocycles. The Hall–Kier alpha value is -1.22. The van der Waals surface area contributed by atoms with Gasteiger partial charge in [0.1, 0.15) is 11.6 Å². The van der Waals surface area contributed by atoms with Crippen LogP contribution in [-0.4, -0.2) is 15.0 Å². The number of nitrogens with one attached hydrogen (secondary N) is 1. The summed E-state index contributed by atoms with van der Waals surface area (Å²) in [5, 5.41) is 0. The van der Waals surface area contributed by atoms with Crippen LogP contribution >= 0.6 is 0 Å². The summed E-state index contributed by atoms with van der Waals surface area (Å²) in [5.41, 5.74) is -2.10. The topological polar surface area (TPSA) is 46.2 Å². The Bertz CT molecular complexity index is 658. The van der Waals surface area contributed by atoms with Crippen LogP contribution < -0.4 is 4.72 Å². The van der Waals surface area contributed by atoms with Gasteiger partial charge in [-0.05, 0) is 23.5 Å². The monoisotopic (exact) mass is 359 g/mol. The number of benzene rings is 1. The van der Waals surface area contributed by atoms with E-state index in [4.69, 9.17) is 0 Å². The maximum Gasteiger partial charge on any atom is 0.416 e. The number of hydrogen-bond acceptors (Lipinski definition) is 2. The van der Waals surface area contributed by atoms with E-state index in [2.05, 4.69) is 0 Å². The van der Waals surface area contributed by atoms with Crippen molar-refractivity contribution in [1.29, 1.82) is 0 Å². The van der Waals surface area contributed by atoms with Crippen LogP contribution in [0.15, 0.2) is 17.0 Å². The van der Waals surface area contributed by atoms with Crippen LogP contribution in [0.4, 0.5) is 22.0 Å². The van der Waals surface area contributed by atoms with Gasteiger partial charge in [-0.25, -0.2) is 21.9 Å². The highest BCUT2D eigenvalue weighted by Crippen LogP contribution is 2.33. The third kappa shape index (κ3) is 4.63. The summed E-state index contributed by atoms with van der Waals surface area (Å²) in [7, 11) is -4.62. The first-order chi connectivity index (χ1) is 10.2. The molecule has 0 saturated carbocycles. The van der Waals surface area contributed by atoms with Crippen molar-refractivity contribution in [2.24, 2.45) is 11.3 Å².